The number of nitrogens with one attached hydrogen (secondary N) is 1. The van der Waals surface area contributed by atoms with Gasteiger partial charge in [0, 0.05) is 6.04 Å². The van der Waals surface area contributed by atoms with E-state index in [0.717, 1.165) is 0 Å². The fourth-order valence-corrected chi connectivity index (χ4v) is 1.69. The topological polar surface area (TPSA) is 30.5 Å². The Kier molecular flexibility index (Phi) is 6.09. The molecule has 102 valence electrons. The van der Waals surface area contributed by atoms with Gasteiger partial charge in [-0.05, 0) is 38.9 Å². The van der Waals surface area contributed by atoms with E-state index in [1.807, 2.05) is 20.9 Å². The van der Waals surface area contributed by atoms with Crippen molar-refractivity contribution in [1.82, 2.24) is 5.32 Å². The Labute approximate surface area is 108 Å². The van der Waals surface area contributed by atoms with Crippen LogP contribution in [0.4, 0.5) is 4.39 Å². The molecule has 0 heterocycles. The summed E-state index contributed by atoms with van der Waals surface area (Å²) in [5, 5.41) is 3.14. The van der Waals surface area contributed by atoms with Crippen LogP contribution >= 0.6 is 0 Å². The van der Waals surface area contributed by atoms with Gasteiger partial charge < -0.3 is 14.8 Å². The molecule has 0 bridgehead atoms. The van der Waals surface area contributed by atoms with Crippen LogP contribution in [-0.2, 0) is 11.2 Å². The van der Waals surface area contributed by atoms with Gasteiger partial charge in [0.05, 0.1) is 19.8 Å². The van der Waals surface area contributed by atoms with Crippen molar-refractivity contribution < 1.29 is 13.9 Å². The second-order valence-electron chi connectivity index (χ2n) is 4.51. The Hall–Kier alpha value is -1.13. The van der Waals surface area contributed by atoms with Gasteiger partial charge in [-0.3, -0.25) is 0 Å². The Bertz CT molecular complexity index is 369. The molecule has 3 nitrogen and oxygen atoms in total. The predicted molar refractivity (Wildman–Crippen MR) is 70.6 cm³/mol. The van der Waals surface area contributed by atoms with E-state index in [2.05, 4.69) is 5.32 Å². The first-order valence-electron chi connectivity index (χ1n) is 6.18. The van der Waals surface area contributed by atoms with Gasteiger partial charge in [0.2, 0.25) is 0 Å². The van der Waals surface area contributed by atoms with Crippen LogP contribution in [0.2, 0.25) is 0 Å². The highest BCUT2D eigenvalue weighted by atomic mass is 19.1. The SMILES string of the molecule is CNC(COC(C)C)Cc1cccc(OC)c1F. The fraction of sp³-hybridized carbons (Fsp3) is 0.571. The number of likely N-dealkylation sites (N-methyl/N-ethyl adjacent to an activating group) is 1. The second-order valence-corrected chi connectivity index (χ2v) is 4.51. The van der Waals surface area contributed by atoms with E-state index in [9.17, 15) is 4.39 Å². The maximum absolute atomic E-state index is 14.0. The van der Waals surface area contributed by atoms with Crippen molar-refractivity contribution in [2.45, 2.75) is 32.4 Å². The lowest BCUT2D eigenvalue weighted by atomic mass is 10.1. The van der Waals surface area contributed by atoms with E-state index in [0.29, 0.717) is 18.6 Å². The van der Waals surface area contributed by atoms with Crippen LogP contribution in [0.5, 0.6) is 5.75 Å². The highest BCUT2D eigenvalue weighted by molar-refractivity contribution is 5.31. The molecule has 1 unspecified atom stereocenters. The van der Waals surface area contributed by atoms with E-state index in [-0.39, 0.29) is 23.7 Å². The first-order chi connectivity index (χ1) is 8.58. The number of hydrogen-bond acceptors (Lipinski definition) is 3. The summed E-state index contributed by atoms with van der Waals surface area (Å²) in [5.74, 6) is -0.00284. The van der Waals surface area contributed by atoms with E-state index in [4.69, 9.17) is 9.47 Å². The Morgan fingerprint density at radius 2 is 2.06 bits per heavy atom. The molecule has 18 heavy (non-hydrogen) atoms. The van der Waals surface area contributed by atoms with Gasteiger partial charge in [-0.25, -0.2) is 4.39 Å². The summed E-state index contributed by atoms with van der Waals surface area (Å²) in [6.45, 7) is 4.53. The molecule has 0 aromatic heterocycles. The molecular weight excluding hydrogens is 233 g/mol. The normalized spacial score (nSPS) is 12.8. The van der Waals surface area contributed by atoms with Crippen LogP contribution in [0, 0.1) is 5.82 Å². The Balaban J connectivity index is 2.69. The minimum Gasteiger partial charge on any atom is -0.494 e. The molecule has 1 atom stereocenters. The molecule has 0 spiro atoms. The summed E-state index contributed by atoms with van der Waals surface area (Å²) in [6.07, 6.45) is 0.753. The molecule has 1 rings (SSSR count). The molecule has 0 saturated heterocycles. The lowest BCUT2D eigenvalue weighted by molar-refractivity contribution is 0.0626. The third kappa shape index (κ3) is 4.27. The summed E-state index contributed by atoms with van der Waals surface area (Å²) in [5.41, 5.74) is 0.640. The highest BCUT2D eigenvalue weighted by Crippen LogP contribution is 2.21. The van der Waals surface area contributed by atoms with E-state index in [1.165, 1.54) is 7.11 Å². The lowest BCUT2D eigenvalue weighted by Crippen LogP contribution is -2.33. The number of ether oxygens (including phenoxy) is 2. The van der Waals surface area contributed by atoms with Gasteiger partial charge >= 0.3 is 0 Å². The maximum Gasteiger partial charge on any atom is 0.168 e. The Morgan fingerprint density at radius 3 is 2.61 bits per heavy atom. The van der Waals surface area contributed by atoms with Crippen molar-refractivity contribution in [2.24, 2.45) is 0 Å². The highest BCUT2D eigenvalue weighted by Gasteiger charge is 2.14. The summed E-state index contributed by atoms with van der Waals surface area (Å²) >= 11 is 0. The third-order valence-corrected chi connectivity index (χ3v) is 2.77. The molecule has 0 fully saturated rings. The molecular formula is C14H22FNO2. The molecule has 1 aromatic carbocycles. The average Bonchev–Trinajstić information content (AvgIpc) is 2.36. The van der Waals surface area contributed by atoms with Crippen molar-refractivity contribution in [2.75, 3.05) is 20.8 Å². The standard InChI is InChI=1S/C14H22FNO2/c1-10(2)18-9-12(16-3)8-11-6-5-7-13(17-4)14(11)15/h5-7,10,12,16H,8-9H2,1-4H3. The summed E-state index contributed by atoms with van der Waals surface area (Å²) in [4.78, 5) is 0. The molecule has 4 heteroatoms. The van der Waals surface area contributed by atoms with E-state index < -0.39 is 0 Å². The third-order valence-electron chi connectivity index (χ3n) is 2.77. The van der Waals surface area contributed by atoms with E-state index >= 15 is 0 Å². The summed E-state index contributed by atoms with van der Waals surface area (Å²) < 4.78 is 24.5. The van der Waals surface area contributed by atoms with Gasteiger partial charge in [0.15, 0.2) is 11.6 Å². The first kappa shape index (κ1) is 14.9. The quantitative estimate of drug-likeness (QED) is 0.811. The van der Waals surface area contributed by atoms with Crippen LogP contribution in [0.1, 0.15) is 19.4 Å². The lowest BCUT2D eigenvalue weighted by Gasteiger charge is -2.18. The minimum absolute atomic E-state index is 0.0917. The zero-order chi connectivity index (χ0) is 13.5. The van der Waals surface area contributed by atoms with Gasteiger partial charge in [0.1, 0.15) is 0 Å². The Morgan fingerprint density at radius 1 is 1.33 bits per heavy atom. The molecule has 0 aliphatic heterocycles. The van der Waals surface area contributed by atoms with Crippen LogP contribution in [0.15, 0.2) is 18.2 Å². The van der Waals surface area contributed by atoms with Gasteiger partial charge in [-0.15, -0.1) is 0 Å². The van der Waals surface area contributed by atoms with Crippen LogP contribution in [0.25, 0.3) is 0 Å². The summed E-state index contributed by atoms with van der Waals surface area (Å²) in [7, 11) is 3.33. The van der Waals surface area contributed by atoms with Gasteiger partial charge in [-0.2, -0.15) is 0 Å². The number of hydrogen-bond donors (Lipinski definition) is 1. The summed E-state index contributed by atoms with van der Waals surface area (Å²) in [6, 6.07) is 5.29. The van der Waals surface area contributed by atoms with Crippen LogP contribution < -0.4 is 10.1 Å². The molecule has 0 aliphatic rings. The average molecular weight is 255 g/mol. The molecule has 0 saturated carbocycles. The monoisotopic (exact) mass is 255 g/mol. The molecule has 0 radical (unpaired) electrons. The molecule has 0 aliphatic carbocycles. The van der Waals surface area contributed by atoms with E-state index in [1.54, 1.807) is 18.2 Å². The molecule has 1 N–H and O–H groups in total. The smallest absolute Gasteiger partial charge is 0.168 e. The zero-order valence-electron chi connectivity index (χ0n) is 11.5. The number of methoxy groups -OCH3 is 1. The molecule has 0 amide bonds. The second kappa shape index (κ2) is 7.34. The zero-order valence-corrected chi connectivity index (χ0v) is 11.5. The first-order valence-corrected chi connectivity index (χ1v) is 6.18. The van der Waals surface area contributed by atoms with Crippen molar-refractivity contribution in [3.63, 3.8) is 0 Å². The van der Waals surface area contributed by atoms with Crippen LogP contribution in [-0.4, -0.2) is 32.9 Å². The molecule has 1 aromatic rings. The fourth-order valence-electron chi connectivity index (χ4n) is 1.69. The largest absolute Gasteiger partial charge is 0.494 e. The maximum atomic E-state index is 14.0. The number of benzene rings is 1. The van der Waals surface area contributed by atoms with Crippen molar-refractivity contribution in [3.8, 4) is 5.75 Å². The predicted octanol–water partition coefficient (Wildman–Crippen LogP) is 2.39. The van der Waals surface area contributed by atoms with Crippen molar-refractivity contribution in [1.29, 1.82) is 0 Å². The van der Waals surface area contributed by atoms with Crippen molar-refractivity contribution >= 4 is 0 Å². The number of rotatable bonds is 7. The van der Waals surface area contributed by atoms with Crippen LogP contribution in [0.3, 0.4) is 0 Å². The van der Waals surface area contributed by atoms with Gasteiger partial charge in [-0.1, -0.05) is 12.1 Å². The van der Waals surface area contributed by atoms with Gasteiger partial charge in [0.25, 0.3) is 0 Å². The minimum atomic E-state index is -0.287. The van der Waals surface area contributed by atoms with Crippen molar-refractivity contribution in [3.05, 3.63) is 29.6 Å². The number of halogens is 1.